The van der Waals surface area contributed by atoms with Crippen molar-refractivity contribution < 1.29 is 23.9 Å². The van der Waals surface area contributed by atoms with Crippen molar-refractivity contribution in [3.05, 3.63) is 40.1 Å². The standard InChI is InChI=1S/C23H31NO5/c1-13-11-14(2)17(15(3)12-13)18-19(28-21(26)23(7)9-10-23)22(5,6)24(20(18)25)29-16(4)27-8/h11-12,16H,9-10H2,1-8H3. The summed E-state index contributed by atoms with van der Waals surface area (Å²) in [6.45, 7) is 13.2. The van der Waals surface area contributed by atoms with Crippen LogP contribution in [0.2, 0.25) is 0 Å². The maximum atomic E-state index is 13.5. The van der Waals surface area contributed by atoms with Gasteiger partial charge in [-0.25, -0.2) is 9.90 Å². The van der Waals surface area contributed by atoms with Crippen LogP contribution in [0.5, 0.6) is 0 Å². The molecule has 3 rings (SSSR count). The van der Waals surface area contributed by atoms with Gasteiger partial charge in [-0.2, -0.15) is 0 Å². The molecule has 0 bridgehead atoms. The second kappa shape index (κ2) is 7.26. The molecule has 1 aliphatic heterocycles. The average Bonchev–Trinajstić information content (AvgIpc) is 3.35. The lowest BCUT2D eigenvalue weighted by Gasteiger charge is -2.33. The van der Waals surface area contributed by atoms with E-state index in [1.165, 1.54) is 12.2 Å². The molecule has 0 N–H and O–H groups in total. The zero-order valence-electron chi connectivity index (χ0n) is 18.6. The Morgan fingerprint density at radius 3 is 2.14 bits per heavy atom. The summed E-state index contributed by atoms with van der Waals surface area (Å²) in [6, 6.07) is 4.05. The molecule has 1 aromatic carbocycles. The molecule has 1 aromatic rings. The van der Waals surface area contributed by atoms with Crippen LogP contribution in [0.15, 0.2) is 17.9 Å². The van der Waals surface area contributed by atoms with Gasteiger partial charge in [0.1, 0.15) is 11.3 Å². The molecular formula is C23H31NO5. The van der Waals surface area contributed by atoms with Crippen molar-refractivity contribution in [2.24, 2.45) is 5.41 Å². The number of esters is 1. The first kappa shape index (κ1) is 21.5. The third kappa shape index (κ3) is 3.71. The van der Waals surface area contributed by atoms with E-state index in [1.54, 1.807) is 6.92 Å². The minimum absolute atomic E-state index is 0.296. The van der Waals surface area contributed by atoms with Crippen molar-refractivity contribution in [2.75, 3.05) is 7.11 Å². The van der Waals surface area contributed by atoms with Crippen LogP contribution in [-0.2, 0) is 23.9 Å². The average molecular weight is 402 g/mol. The van der Waals surface area contributed by atoms with Crippen molar-refractivity contribution in [1.29, 1.82) is 0 Å². The van der Waals surface area contributed by atoms with Gasteiger partial charge in [-0.15, -0.1) is 0 Å². The third-order valence-electron chi connectivity index (χ3n) is 5.89. The molecular weight excluding hydrogens is 370 g/mol. The normalized spacial score (nSPS) is 20.8. The number of rotatable bonds is 6. The number of nitrogens with zero attached hydrogens (tertiary/aromatic N) is 1. The van der Waals surface area contributed by atoms with Gasteiger partial charge in [-0.05, 0) is 78.0 Å². The monoisotopic (exact) mass is 401 g/mol. The van der Waals surface area contributed by atoms with E-state index in [2.05, 4.69) is 0 Å². The number of hydroxylamine groups is 2. The Kier molecular flexibility index (Phi) is 5.39. The Labute approximate surface area is 172 Å². The van der Waals surface area contributed by atoms with Gasteiger partial charge in [0, 0.05) is 7.11 Å². The first-order valence-corrected chi connectivity index (χ1v) is 10.0. The van der Waals surface area contributed by atoms with Gasteiger partial charge in [0.25, 0.3) is 5.91 Å². The Bertz CT molecular complexity index is 872. The van der Waals surface area contributed by atoms with Crippen LogP contribution in [0.25, 0.3) is 5.57 Å². The van der Waals surface area contributed by atoms with Crippen molar-refractivity contribution in [2.45, 2.75) is 73.1 Å². The van der Waals surface area contributed by atoms with Crippen molar-refractivity contribution >= 4 is 17.4 Å². The lowest BCUT2D eigenvalue weighted by Crippen LogP contribution is -2.46. The van der Waals surface area contributed by atoms with Gasteiger partial charge in [0.2, 0.25) is 0 Å². The Morgan fingerprint density at radius 2 is 1.66 bits per heavy atom. The molecule has 2 aliphatic rings. The van der Waals surface area contributed by atoms with Crippen LogP contribution in [0, 0.1) is 26.2 Å². The third-order valence-corrected chi connectivity index (χ3v) is 5.89. The molecule has 1 heterocycles. The fourth-order valence-corrected chi connectivity index (χ4v) is 3.80. The maximum Gasteiger partial charge on any atom is 0.316 e. The highest BCUT2D eigenvalue weighted by Crippen LogP contribution is 2.49. The second-order valence-corrected chi connectivity index (χ2v) is 9.00. The molecule has 1 unspecified atom stereocenters. The first-order chi connectivity index (χ1) is 13.4. The van der Waals surface area contributed by atoms with Gasteiger partial charge in [0.15, 0.2) is 6.29 Å². The number of methoxy groups -OCH3 is 1. The van der Waals surface area contributed by atoms with Gasteiger partial charge in [-0.3, -0.25) is 9.59 Å². The van der Waals surface area contributed by atoms with Crippen molar-refractivity contribution in [1.82, 2.24) is 5.06 Å². The zero-order valence-corrected chi connectivity index (χ0v) is 18.6. The Hall–Kier alpha value is -2.18. The van der Waals surface area contributed by atoms with E-state index in [0.717, 1.165) is 35.1 Å². The van der Waals surface area contributed by atoms with Crippen LogP contribution in [0.1, 0.15) is 62.8 Å². The number of carbonyl (C=O) groups excluding carboxylic acids is 2. The summed E-state index contributed by atoms with van der Waals surface area (Å²) in [6.07, 6.45) is 0.967. The number of carbonyl (C=O) groups is 2. The van der Waals surface area contributed by atoms with Crippen molar-refractivity contribution in [3.8, 4) is 0 Å². The SMILES string of the molecule is COC(C)ON1C(=O)C(c2c(C)cc(C)cc2C)=C(OC(=O)C2(C)CC2)C1(C)C. The number of aryl methyl sites for hydroxylation is 3. The summed E-state index contributed by atoms with van der Waals surface area (Å²) in [4.78, 5) is 32.1. The maximum absolute atomic E-state index is 13.5. The Morgan fingerprint density at radius 1 is 1.10 bits per heavy atom. The van der Waals surface area contributed by atoms with E-state index >= 15 is 0 Å². The highest BCUT2D eigenvalue weighted by molar-refractivity contribution is 6.23. The zero-order chi connectivity index (χ0) is 21.7. The van der Waals surface area contributed by atoms with Gasteiger partial charge < -0.3 is 9.47 Å². The van der Waals surface area contributed by atoms with E-state index in [4.69, 9.17) is 14.3 Å². The fraction of sp³-hybridized carbons (Fsp3) is 0.565. The van der Waals surface area contributed by atoms with Gasteiger partial charge >= 0.3 is 5.97 Å². The molecule has 29 heavy (non-hydrogen) atoms. The molecule has 158 valence electrons. The van der Waals surface area contributed by atoms with Crippen LogP contribution in [0.3, 0.4) is 0 Å². The molecule has 1 amide bonds. The van der Waals surface area contributed by atoms with E-state index in [-0.39, 0.29) is 11.9 Å². The number of hydrogen-bond donors (Lipinski definition) is 0. The quantitative estimate of drug-likeness (QED) is 0.528. The summed E-state index contributed by atoms with van der Waals surface area (Å²) in [7, 11) is 1.51. The van der Waals surface area contributed by atoms with E-state index < -0.39 is 17.2 Å². The van der Waals surface area contributed by atoms with E-state index in [9.17, 15) is 9.59 Å². The predicted octanol–water partition coefficient (Wildman–Crippen LogP) is 4.21. The summed E-state index contributed by atoms with van der Waals surface area (Å²) in [5, 5.41) is 1.27. The summed E-state index contributed by atoms with van der Waals surface area (Å²) in [5.41, 5.74) is 2.75. The first-order valence-electron chi connectivity index (χ1n) is 10.0. The van der Waals surface area contributed by atoms with E-state index in [0.29, 0.717) is 11.3 Å². The lowest BCUT2D eigenvalue weighted by molar-refractivity contribution is -0.276. The Balaban J connectivity index is 2.16. The molecule has 6 heteroatoms. The van der Waals surface area contributed by atoms with Gasteiger partial charge in [0.05, 0.1) is 11.0 Å². The highest BCUT2D eigenvalue weighted by atomic mass is 16.8. The second-order valence-electron chi connectivity index (χ2n) is 9.00. The molecule has 0 saturated heterocycles. The van der Waals surface area contributed by atoms with Crippen LogP contribution in [0.4, 0.5) is 0 Å². The smallest absolute Gasteiger partial charge is 0.316 e. The minimum Gasteiger partial charge on any atom is -0.427 e. The number of ether oxygens (including phenoxy) is 2. The molecule has 1 aliphatic carbocycles. The van der Waals surface area contributed by atoms with Crippen molar-refractivity contribution in [3.63, 3.8) is 0 Å². The van der Waals surface area contributed by atoms with E-state index in [1.807, 2.05) is 53.7 Å². The molecule has 6 nitrogen and oxygen atoms in total. The fourth-order valence-electron chi connectivity index (χ4n) is 3.80. The largest absolute Gasteiger partial charge is 0.427 e. The van der Waals surface area contributed by atoms with Crippen LogP contribution < -0.4 is 0 Å². The number of amides is 1. The summed E-state index contributed by atoms with van der Waals surface area (Å²) >= 11 is 0. The lowest BCUT2D eigenvalue weighted by atomic mass is 9.91. The predicted molar refractivity (Wildman–Crippen MR) is 109 cm³/mol. The molecule has 1 fully saturated rings. The molecule has 1 saturated carbocycles. The van der Waals surface area contributed by atoms with Crippen LogP contribution >= 0.6 is 0 Å². The van der Waals surface area contributed by atoms with Gasteiger partial charge in [-0.1, -0.05) is 17.7 Å². The molecule has 0 aromatic heterocycles. The topological polar surface area (TPSA) is 65.1 Å². The molecule has 0 spiro atoms. The summed E-state index contributed by atoms with van der Waals surface area (Å²) in [5.74, 6) is -0.299. The molecule has 1 atom stereocenters. The highest BCUT2D eigenvalue weighted by Gasteiger charge is 2.54. The minimum atomic E-state index is -0.968. The van der Waals surface area contributed by atoms with Crippen LogP contribution in [-0.4, -0.2) is 35.9 Å². The molecule has 0 radical (unpaired) electrons. The number of benzene rings is 1. The summed E-state index contributed by atoms with van der Waals surface area (Å²) < 4.78 is 11.1. The number of hydrogen-bond acceptors (Lipinski definition) is 5.